The summed E-state index contributed by atoms with van der Waals surface area (Å²) in [6.45, 7) is 6.80. The van der Waals surface area contributed by atoms with Gasteiger partial charge in [-0.3, -0.25) is 9.59 Å². The van der Waals surface area contributed by atoms with Gasteiger partial charge in [-0.15, -0.1) is 0 Å². The highest BCUT2D eigenvalue weighted by molar-refractivity contribution is 5.89. The van der Waals surface area contributed by atoms with Gasteiger partial charge in [-0.05, 0) is 25.9 Å². The number of carbonyl (C=O) groups is 2. The van der Waals surface area contributed by atoms with Gasteiger partial charge in [0.05, 0.1) is 0 Å². The van der Waals surface area contributed by atoms with Crippen LogP contribution in [0.25, 0.3) is 0 Å². The molecule has 0 radical (unpaired) electrons. The zero-order valence-electron chi connectivity index (χ0n) is 9.82. The fraction of sp³-hybridized carbons (Fsp3) is 0.818. The predicted molar refractivity (Wildman–Crippen MR) is 59.7 cm³/mol. The Balaban J connectivity index is 1.99. The maximum Gasteiger partial charge on any atom is 0.242 e. The van der Waals surface area contributed by atoms with E-state index in [4.69, 9.17) is 0 Å². The minimum Gasteiger partial charge on any atom is -0.353 e. The average molecular weight is 225 g/mol. The van der Waals surface area contributed by atoms with Crippen LogP contribution in [0.2, 0.25) is 0 Å². The lowest BCUT2D eigenvalue weighted by atomic mass is 9.87. The van der Waals surface area contributed by atoms with Gasteiger partial charge in [0.1, 0.15) is 6.04 Å². The Morgan fingerprint density at radius 3 is 2.75 bits per heavy atom. The van der Waals surface area contributed by atoms with Crippen molar-refractivity contribution in [1.29, 1.82) is 0 Å². The maximum atomic E-state index is 12.2. The molecule has 2 heterocycles. The molecule has 0 bridgehead atoms. The van der Waals surface area contributed by atoms with E-state index in [2.05, 4.69) is 10.6 Å². The van der Waals surface area contributed by atoms with Gasteiger partial charge in [-0.1, -0.05) is 6.92 Å². The third-order valence-electron chi connectivity index (χ3n) is 3.69. The molecule has 2 atom stereocenters. The lowest BCUT2D eigenvalue weighted by molar-refractivity contribution is -0.146. The van der Waals surface area contributed by atoms with Crippen molar-refractivity contribution in [2.24, 2.45) is 11.8 Å². The molecule has 2 aliphatic heterocycles. The summed E-state index contributed by atoms with van der Waals surface area (Å²) in [5.74, 6) is 0.534. The molecule has 0 saturated carbocycles. The zero-order chi connectivity index (χ0) is 11.7. The standard InChI is InChI=1S/C11H19N3O2/c1-7(9-5-12-6-9)11(16)14-4-3-13-10(15)8(14)2/h7-9,12H,3-6H2,1-2H3,(H,13,15). The highest BCUT2D eigenvalue weighted by atomic mass is 16.2. The third kappa shape index (κ3) is 1.91. The topological polar surface area (TPSA) is 61.4 Å². The molecule has 2 N–H and O–H groups in total. The van der Waals surface area contributed by atoms with Crippen molar-refractivity contribution in [1.82, 2.24) is 15.5 Å². The van der Waals surface area contributed by atoms with Crippen molar-refractivity contribution < 1.29 is 9.59 Å². The average Bonchev–Trinajstić information content (AvgIpc) is 2.18. The van der Waals surface area contributed by atoms with E-state index in [-0.39, 0.29) is 23.8 Å². The summed E-state index contributed by atoms with van der Waals surface area (Å²) in [5.41, 5.74) is 0. The molecule has 0 spiro atoms. The molecule has 0 aromatic carbocycles. The quantitative estimate of drug-likeness (QED) is 0.646. The van der Waals surface area contributed by atoms with Gasteiger partial charge in [-0.2, -0.15) is 0 Å². The van der Waals surface area contributed by atoms with E-state index in [1.165, 1.54) is 0 Å². The van der Waals surface area contributed by atoms with Crippen LogP contribution in [0.3, 0.4) is 0 Å². The van der Waals surface area contributed by atoms with Gasteiger partial charge >= 0.3 is 0 Å². The van der Waals surface area contributed by atoms with Crippen molar-refractivity contribution in [3.8, 4) is 0 Å². The monoisotopic (exact) mass is 225 g/mol. The largest absolute Gasteiger partial charge is 0.353 e. The molecule has 2 fully saturated rings. The van der Waals surface area contributed by atoms with Crippen LogP contribution in [0, 0.1) is 11.8 Å². The lowest BCUT2D eigenvalue weighted by Crippen LogP contribution is -2.59. The Bertz CT molecular complexity index is 302. The summed E-state index contributed by atoms with van der Waals surface area (Å²) in [4.78, 5) is 25.4. The van der Waals surface area contributed by atoms with E-state index in [0.717, 1.165) is 13.1 Å². The molecular weight excluding hydrogens is 206 g/mol. The number of nitrogens with zero attached hydrogens (tertiary/aromatic N) is 1. The molecular formula is C11H19N3O2. The van der Waals surface area contributed by atoms with Crippen LogP contribution in [0.4, 0.5) is 0 Å². The van der Waals surface area contributed by atoms with Gasteiger partial charge in [0.15, 0.2) is 0 Å². The van der Waals surface area contributed by atoms with Gasteiger partial charge in [-0.25, -0.2) is 0 Å². The number of piperazine rings is 1. The molecule has 90 valence electrons. The van der Waals surface area contributed by atoms with Gasteiger partial charge in [0.25, 0.3) is 0 Å². The molecule has 2 aliphatic rings. The molecule has 5 nitrogen and oxygen atoms in total. The SMILES string of the molecule is CC(C(=O)N1CCNC(=O)C1C)C1CNC1. The minimum absolute atomic E-state index is 0.0228. The van der Waals surface area contributed by atoms with Crippen molar-refractivity contribution in [3.63, 3.8) is 0 Å². The summed E-state index contributed by atoms with van der Waals surface area (Å²) in [6.07, 6.45) is 0. The molecule has 16 heavy (non-hydrogen) atoms. The number of carbonyl (C=O) groups excluding carboxylic acids is 2. The molecule has 0 aromatic heterocycles. The highest BCUT2D eigenvalue weighted by Crippen LogP contribution is 2.20. The number of hydrogen-bond donors (Lipinski definition) is 2. The first-order valence-corrected chi connectivity index (χ1v) is 5.90. The molecule has 0 aromatic rings. The van der Waals surface area contributed by atoms with Crippen LogP contribution >= 0.6 is 0 Å². The van der Waals surface area contributed by atoms with Crippen molar-refractivity contribution >= 4 is 11.8 Å². The summed E-state index contributed by atoms with van der Waals surface area (Å²) >= 11 is 0. The molecule has 0 aliphatic carbocycles. The Labute approximate surface area is 95.6 Å². The second kappa shape index (κ2) is 4.41. The van der Waals surface area contributed by atoms with E-state index in [1.807, 2.05) is 6.92 Å². The fourth-order valence-electron chi connectivity index (χ4n) is 2.21. The predicted octanol–water partition coefficient (Wildman–Crippen LogP) is -0.811. The summed E-state index contributed by atoms with van der Waals surface area (Å²) in [5, 5.41) is 5.94. The van der Waals surface area contributed by atoms with Crippen LogP contribution < -0.4 is 10.6 Å². The first-order chi connectivity index (χ1) is 7.61. The molecule has 2 rings (SSSR count). The smallest absolute Gasteiger partial charge is 0.242 e. The first kappa shape index (κ1) is 11.4. The number of nitrogens with one attached hydrogen (secondary N) is 2. The highest BCUT2D eigenvalue weighted by Gasteiger charge is 2.36. The molecule has 2 unspecified atom stereocenters. The Morgan fingerprint density at radius 2 is 2.19 bits per heavy atom. The van der Waals surface area contributed by atoms with E-state index < -0.39 is 0 Å². The normalized spacial score (nSPS) is 28.2. The summed E-state index contributed by atoms with van der Waals surface area (Å²) in [7, 11) is 0. The minimum atomic E-state index is -0.322. The van der Waals surface area contributed by atoms with Crippen LogP contribution in [0.15, 0.2) is 0 Å². The van der Waals surface area contributed by atoms with Crippen molar-refractivity contribution in [2.75, 3.05) is 26.2 Å². The van der Waals surface area contributed by atoms with E-state index >= 15 is 0 Å². The molecule has 2 amide bonds. The zero-order valence-corrected chi connectivity index (χ0v) is 9.82. The summed E-state index contributed by atoms with van der Waals surface area (Å²) in [6, 6.07) is -0.322. The van der Waals surface area contributed by atoms with E-state index in [0.29, 0.717) is 19.0 Å². The van der Waals surface area contributed by atoms with Gasteiger partial charge < -0.3 is 15.5 Å². The van der Waals surface area contributed by atoms with Crippen LogP contribution in [0.5, 0.6) is 0 Å². The van der Waals surface area contributed by atoms with Crippen LogP contribution in [-0.4, -0.2) is 48.9 Å². The van der Waals surface area contributed by atoms with Crippen LogP contribution in [0.1, 0.15) is 13.8 Å². The third-order valence-corrected chi connectivity index (χ3v) is 3.69. The van der Waals surface area contributed by atoms with Crippen molar-refractivity contribution in [3.05, 3.63) is 0 Å². The molecule has 2 saturated heterocycles. The Hall–Kier alpha value is -1.10. The van der Waals surface area contributed by atoms with Gasteiger partial charge in [0.2, 0.25) is 11.8 Å². The molecule has 5 heteroatoms. The van der Waals surface area contributed by atoms with E-state index in [9.17, 15) is 9.59 Å². The van der Waals surface area contributed by atoms with Crippen LogP contribution in [-0.2, 0) is 9.59 Å². The second-order valence-electron chi connectivity index (χ2n) is 4.71. The van der Waals surface area contributed by atoms with Gasteiger partial charge in [0, 0.05) is 19.0 Å². The lowest BCUT2D eigenvalue weighted by Gasteiger charge is -2.38. The second-order valence-corrected chi connectivity index (χ2v) is 4.71. The fourth-order valence-corrected chi connectivity index (χ4v) is 2.21. The maximum absolute atomic E-state index is 12.2. The van der Waals surface area contributed by atoms with Crippen molar-refractivity contribution in [2.45, 2.75) is 19.9 Å². The number of amides is 2. The van der Waals surface area contributed by atoms with E-state index in [1.54, 1.807) is 11.8 Å². The summed E-state index contributed by atoms with van der Waals surface area (Å²) < 4.78 is 0. The number of hydrogen-bond acceptors (Lipinski definition) is 3. The Morgan fingerprint density at radius 1 is 1.50 bits per heavy atom. The Kier molecular flexibility index (Phi) is 3.14. The first-order valence-electron chi connectivity index (χ1n) is 5.90. The number of rotatable bonds is 2.